The summed E-state index contributed by atoms with van der Waals surface area (Å²) in [5, 5.41) is 9.29. The van der Waals surface area contributed by atoms with Crippen LogP contribution in [0.1, 0.15) is 15.9 Å². The van der Waals surface area contributed by atoms with Gasteiger partial charge in [0.25, 0.3) is 5.91 Å². The van der Waals surface area contributed by atoms with Gasteiger partial charge in [0.2, 0.25) is 0 Å². The fourth-order valence-electron chi connectivity index (χ4n) is 1.40. The zero-order valence-electron chi connectivity index (χ0n) is 9.43. The maximum Gasteiger partial charge on any atom is 0.251 e. The van der Waals surface area contributed by atoms with E-state index in [1.807, 2.05) is 0 Å². The van der Waals surface area contributed by atoms with Gasteiger partial charge in [0.05, 0.1) is 13.3 Å². The number of hydrogen-bond acceptors (Lipinski definition) is 3. The van der Waals surface area contributed by atoms with Crippen LogP contribution in [0, 0.1) is 0 Å². The van der Waals surface area contributed by atoms with E-state index in [9.17, 15) is 4.79 Å². The molecule has 0 aliphatic rings. The normalized spacial score (nSPS) is 9.94. The van der Waals surface area contributed by atoms with Crippen LogP contribution in [0.25, 0.3) is 0 Å². The third-order valence-corrected chi connectivity index (χ3v) is 2.36. The number of rotatable bonds is 4. The number of carbonyl (C=O) groups excluding carboxylic acids is 1. The zero-order valence-corrected chi connectivity index (χ0v) is 9.43. The van der Waals surface area contributed by atoms with Crippen molar-refractivity contribution in [3.63, 3.8) is 0 Å². The van der Waals surface area contributed by atoms with Crippen LogP contribution in [0.3, 0.4) is 0 Å². The molecule has 2 aromatic rings. The minimum atomic E-state index is -0.117. The van der Waals surface area contributed by atoms with E-state index in [0.717, 1.165) is 11.3 Å². The van der Waals surface area contributed by atoms with Gasteiger partial charge in [-0.3, -0.25) is 9.89 Å². The monoisotopic (exact) mass is 231 g/mol. The molecule has 2 rings (SSSR count). The van der Waals surface area contributed by atoms with Crippen LogP contribution in [0.2, 0.25) is 0 Å². The standard InChI is InChI=1S/C12H13N3O2/c1-17-11-4-2-10(3-5-11)12(16)13-6-9-7-14-15-8-9/h2-5,7-8H,6H2,1H3,(H,13,16)(H,14,15). The molecule has 0 fully saturated rings. The Kier molecular flexibility index (Phi) is 3.40. The van der Waals surface area contributed by atoms with Crippen molar-refractivity contribution < 1.29 is 9.53 Å². The third-order valence-electron chi connectivity index (χ3n) is 2.36. The van der Waals surface area contributed by atoms with E-state index in [0.29, 0.717) is 12.1 Å². The number of amides is 1. The summed E-state index contributed by atoms with van der Waals surface area (Å²) in [4.78, 5) is 11.8. The summed E-state index contributed by atoms with van der Waals surface area (Å²) < 4.78 is 5.02. The minimum absolute atomic E-state index is 0.117. The Morgan fingerprint density at radius 2 is 2.18 bits per heavy atom. The fraction of sp³-hybridized carbons (Fsp3) is 0.167. The van der Waals surface area contributed by atoms with E-state index < -0.39 is 0 Å². The van der Waals surface area contributed by atoms with Gasteiger partial charge in [-0.05, 0) is 24.3 Å². The van der Waals surface area contributed by atoms with E-state index >= 15 is 0 Å². The predicted molar refractivity (Wildman–Crippen MR) is 62.8 cm³/mol. The van der Waals surface area contributed by atoms with Gasteiger partial charge in [-0.1, -0.05) is 0 Å². The van der Waals surface area contributed by atoms with Gasteiger partial charge in [0.1, 0.15) is 5.75 Å². The van der Waals surface area contributed by atoms with Crippen molar-refractivity contribution >= 4 is 5.91 Å². The Labute approximate surface area is 98.8 Å². The van der Waals surface area contributed by atoms with Gasteiger partial charge in [0, 0.05) is 23.9 Å². The highest BCUT2D eigenvalue weighted by molar-refractivity contribution is 5.94. The van der Waals surface area contributed by atoms with Crippen LogP contribution in [0.5, 0.6) is 5.75 Å². The van der Waals surface area contributed by atoms with Crippen molar-refractivity contribution in [1.29, 1.82) is 0 Å². The van der Waals surface area contributed by atoms with Crippen molar-refractivity contribution in [3.8, 4) is 5.75 Å². The largest absolute Gasteiger partial charge is 0.497 e. The maximum atomic E-state index is 11.8. The van der Waals surface area contributed by atoms with Crippen LogP contribution >= 0.6 is 0 Å². The molecule has 1 heterocycles. The number of aromatic nitrogens is 2. The Morgan fingerprint density at radius 1 is 1.41 bits per heavy atom. The van der Waals surface area contributed by atoms with Gasteiger partial charge in [-0.25, -0.2) is 0 Å². The second-order valence-corrected chi connectivity index (χ2v) is 3.52. The van der Waals surface area contributed by atoms with Gasteiger partial charge < -0.3 is 10.1 Å². The Balaban J connectivity index is 1.95. The Morgan fingerprint density at radius 3 is 2.76 bits per heavy atom. The zero-order chi connectivity index (χ0) is 12.1. The number of nitrogens with one attached hydrogen (secondary N) is 2. The van der Waals surface area contributed by atoms with Crippen molar-refractivity contribution in [3.05, 3.63) is 47.8 Å². The number of hydrogen-bond donors (Lipinski definition) is 2. The number of carbonyl (C=O) groups is 1. The molecule has 0 saturated heterocycles. The number of methoxy groups -OCH3 is 1. The number of aromatic amines is 1. The molecule has 5 nitrogen and oxygen atoms in total. The number of nitrogens with zero attached hydrogens (tertiary/aromatic N) is 1. The molecular weight excluding hydrogens is 218 g/mol. The average Bonchev–Trinajstić information content (AvgIpc) is 2.89. The van der Waals surface area contributed by atoms with Crippen LogP contribution in [0.15, 0.2) is 36.7 Å². The molecule has 0 saturated carbocycles. The first kappa shape index (κ1) is 11.2. The highest BCUT2D eigenvalue weighted by atomic mass is 16.5. The van der Waals surface area contributed by atoms with Crippen molar-refractivity contribution in [1.82, 2.24) is 15.5 Å². The smallest absolute Gasteiger partial charge is 0.251 e. The molecule has 5 heteroatoms. The Bertz CT molecular complexity index is 477. The lowest BCUT2D eigenvalue weighted by molar-refractivity contribution is 0.0951. The number of ether oxygens (including phenoxy) is 1. The molecule has 0 aliphatic heterocycles. The van der Waals surface area contributed by atoms with Crippen molar-refractivity contribution in [2.75, 3.05) is 7.11 Å². The Hall–Kier alpha value is -2.30. The number of benzene rings is 1. The molecule has 0 spiro atoms. The summed E-state index contributed by atoms with van der Waals surface area (Å²) in [5.41, 5.74) is 1.54. The SMILES string of the molecule is COc1ccc(C(=O)NCc2cn[nH]c2)cc1. The molecule has 88 valence electrons. The lowest BCUT2D eigenvalue weighted by Crippen LogP contribution is -2.22. The molecule has 1 aromatic heterocycles. The average molecular weight is 231 g/mol. The second kappa shape index (κ2) is 5.16. The molecule has 0 unspecified atom stereocenters. The summed E-state index contributed by atoms with van der Waals surface area (Å²) in [6.07, 6.45) is 3.42. The summed E-state index contributed by atoms with van der Waals surface area (Å²) in [7, 11) is 1.59. The lowest BCUT2D eigenvalue weighted by atomic mass is 10.2. The van der Waals surface area contributed by atoms with Crippen LogP contribution in [-0.4, -0.2) is 23.2 Å². The van der Waals surface area contributed by atoms with Crippen LogP contribution < -0.4 is 10.1 Å². The van der Waals surface area contributed by atoms with E-state index in [1.54, 1.807) is 43.8 Å². The molecule has 0 bridgehead atoms. The van der Waals surface area contributed by atoms with E-state index in [2.05, 4.69) is 15.5 Å². The van der Waals surface area contributed by atoms with E-state index in [1.165, 1.54) is 0 Å². The highest BCUT2D eigenvalue weighted by Gasteiger charge is 2.05. The maximum absolute atomic E-state index is 11.8. The third kappa shape index (κ3) is 2.84. The highest BCUT2D eigenvalue weighted by Crippen LogP contribution is 2.11. The number of H-pyrrole nitrogens is 1. The second-order valence-electron chi connectivity index (χ2n) is 3.52. The molecule has 0 aliphatic carbocycles. The van der Waals surface area contributed by atoms with Crippen LogP contribution in [-0.2, 0) is 6.54 Å². The predicted octanol–water partition coefficient (Wildman–Crippen LogP) is 1.35. The molecule has 0 radical (unpaired) electrons. The summed E-state index contributed by atoms with van der Waals surface area (Å²) >= 11 is 0. The quantitative estimate of drug-likeness (QED) is 0.834. The van der Waals surface area contributed by atoms with Gasteiger partial charge in [0.15, 0.2) is 0 Å². The summed E-state index contributed by atoms with van der Waals surface area (Å²) in [5.74, 6) is 0.616. The summed E-state index contributed by atoms with van der Waals surface area (Å²) in [6.45, 7) is 0.460. The fourth-order valence-corrected chi connectivity index (χ4v) is 1.40. The van der Waals surface area contributed by atoms with E-state index in [-0.39, 0.29) is 5.91 Å². The first-order valence-corrected chi connectivity index (χ1v) is 5.19. The molecule has 1 aromatic carbocycles. The topological polar surface area (TPSA) is 67.0 Å². The lowest BCUT2D eigenvalue weighted by Gasteiger charge is -2.04. The molecule has 0 atom stereocenters. The van der Waals surface area contributed by atoms with Crippen LogP contribution in [0.4, 0.5) is 0 Å². The van der Waals surface area contributed by atoms with Gasteiger partial charge >= 0.3 is 0 Å². The van der Waals surface area contributed by atoms with Crippen molar-refractivity contribution in [2.24, 2.45) is 0 Å². The van der Waals surface area contributed by atoms with Gasteiger partial charge in [-0.2, -0.15) is 5.10 Å². The molecule has 1 amide bonds. The first-order valence-electron chi connectivity index (χ1n) is 5.19. The van der Waals surface area contributed by atoms with E-state index in [4.69, 9.17) is 4.74 Å². The van der Waals surface area contributed by atoms with Gasteiger partial charge in [-0.15, -0.1) is 0 Å². The van der Waals surface area contributed by atoms with Crippen molar-refractivity contribution in [2.45, 2.75) is 6.54 Å². The summed E-state index contributed by atoms with van der Waals surface area (Å²) in [6, 6.07) is 6.96. The first-order chi connectivity index (χ1) is 8.29. The molecule has 2 N–H and O–H groups in total. The molecular formula is C12H13N3O2. The minimum Gasteiger partial charge on any atom is -0.497 e. The molecule has 17 heavy (non-hydrogen) atoms.